The van der Waals surface area contributed by atoms with Crippen LogP contribution in [0.15, 0.2) is 18.2 Å². The van der Waals surface area contributed by atoms with Crippen LogP contribution >= 0.6 is 0 Å². The number of nitrogens with zero attached hydrogens (tertiary/aromatic N) is 1. The molecular formula is C20H28N2O2. The van der Waals surface area contributed by atoms with Gasteiger partial charge in [0.05, 0.1) is 5.60 Å². The SMILES string of the molecule is Cc1ccc2c(c1)N(C(=O)N[C@@H]1CCOC3(CCCCC3)C1)CC2. The van der Waals surface area contributed by atoms with E-state index in [4.69, 9.17) is 4.74 Å². The van der Waals surface area contributed by atoms with Gasteiger partial charge in [-0.3, -0.25) is 4.90 Å². The summed E-state index contributed by atoms with van der Waals surface area (Å²) in [5, 5.41) is 3.30. The molecule has 1 aromatic carbocycles. The summed E-state index contributed by atoms with van der Waals surface area (Å²) in [5.41, 5.74) is 3.62. The minimum Gasteiger partial charge on any atom is -0.375 e. The van der Waals surface area contributed by atoms with Gasteiger partial charge in [0.1, 0.15) is 0 Å². The number of hydrogen-bond donors (Lipinski definition) is 1. The molecule has 3 aliphatic rings. The van der Waals surface area contributed by atoms with Gasteiger partial charge in [0.2, 0.25) is 0 Å². The van der Waals surface area contributed by atoms with Crippen molar-refractivity contribution in [2.24, 2.45) is 0 Å². The van der Waals surface area contributed by atoms with Crippen LogP contribution in [-0.4, -0.2) is 30.8 Å². The van der Waals surface area contributed by atoms with Gasteiger partial charge in [-0.15, -0.1) is 0 Å². The summed E-state index contributed by atoms with van der Waals surface area (Å²) in [6.45, 7) is 3.65. The molecule has 130 valence electrons. The zero-order chi connectivity index (χ0) is 16.6. The summed E-state index contributed by atoms with van der Waals surface area (Å²) < 4.78 is 6.15. The first-order chi connectivity index (χ1) is 11.7. The predicted octanol–water partition coefficient (Wildman–Crippen LogP) is 3.95. The number of hydrogen-bond acceptors (Lipinski definition) is 2. The van der Waals surface area contributed by atoms with Gasteiger partial charge in [-0.2, -0.15) is 0 Å². The van der Waals surface area contributed by atoms with Crippen LogP contribution in [0.4, 0.5) is 10.5 Å². The zero-order valence-electron chi connectivity index (χ0n) is 14.6. The Morgan fingerprint density at radius 1 is 1.29 bits per heavy atom. The molecule has 2 heterocycles. The lowest BCUT2D eigenvalue weighted by molar-refractivity contribution is -0.107. The Hall–Kier alpha value is -1.55. The van der Waals surface area contributed by atoms with Gasteiger partial charge in [0, 0.05) is 24.9 Å². The summed E-state index contributed by atoms with van der Waals surface area (Å²) in [4.78, 5) is 14.8. The molecule has 0 aromatic heterocycles. The monoisotopic (exact) mass is 328 g/mol. The molecule has 1 saturated carbocycles. The molecule has 0 radical (unpaired) electrons. The third-order valence-electron chi connectivity index (χ3n) is 5.97. The van der Waals surface area contributed by atoms with Crippen LogP contribution in [0.2, 0.25) is 0 Å². The van der Waals surface area contributed by atoms with Crippen LogP contribution in [0, 0.1) is 6.92 Å². The number of fused-ring (bicyclic) bond motifs is 1. The van der Waals surface area contributed by atoms with E-state index in [0.717, 1.165) is 50.9 Å². The second kappa shape index (κ2) is 6.40. The Kier molecular flexibility index (Phi) is 4.25. The maximum absolute atomic E-state index is 12.8. The molecule has 24 heavy (non-hydrogen) atoms. The number of carbonyl (C=O) groups is 1. The minimum atomic E-state index is 0.0357. The van der Waals surface area contributed by atoms with E-state index >= 15 is 0 Å². The Labute approximate surface area is 144 Å². The van der Waals surface area contributed by atoms with E-state index in [1.165, 1.54) is 30.4 Å². The molecule has 4 nitrogen and oxygen atoms in total. The summed E-state index contributed by atoms with van der Waals surface area (Å²) in [6.07, 6.45) is 9.04. The van der Waals surface area contributed by atoms with E-state index in [1.807, 2.05) is 4.90 Å². The smallest absolute Gasteiger partial charge is 0.322 e. The molecule has 1 saturated heterocycles. The normalized spacial score (nSPS) is 25.5. The first kappa shape index (κ1) is 15.9. The number of amides is 2. The van der Waals surface area contributed by atoms with Crippen LogP contribution in [-0.2, 0) is 11.2 Å². The standard InChI is InChI=1S/C20H28N2O2/c1-15-5-6-16-7-11-22(18(16)13-15)19(23)21-17-8-12-24-20(14-17)9-3-2-4-10-20/h5-6,13,17H,2-4,7-12,14H2,1H3,(H,21,23)/t17-/m1/s1. The molecule has 0 unspecified atom stereocenters. The quantitative estimate of drug-likeness (QED) is 0.848. The van der Waals surface area contributed by atoms with Crippen LogP contribution < -0.4 is 10.2 Å². The molecule has 4 rings (SSSR count). The topological polar surface area (TPSA) is 41.6 Å². The average molecular weight is 328 g/mol. The number of anilines is 1. The van der Waals surface area contributed by atoms with E-state index < -0.39 is 0 Å². The van der Waals surface area contributed by atoms with E-state index in [9.17, 15) is 4.79 Å². The van der Waals surface area contributed by atoms with Crippen LogP contribution in [0.3, 0.4) is 0 Å². The molecule has 1 N–H and O–H groups in total. The average Bonchev–Trinajstić information content (AvgIpc) is 2.98. The Morgan fingerprint density at radius 3 is 2.96 bits per heavy atom. The second-order valence-electron chi connectivity index (χ2n) is 7.77. The van der Waals surface area contributed by atoms with Crippen molar-refractivity contribution in [3.8, 4) is 0 Å². The van der Waals surface area contributed by atoms with E-state index in [0.29, 0.717) is 0 Å². The summed E-state index contributed by atoms with van der Waals surface area (Å²) in [7, 11) is 0. The van der Waals surface area contributed by atoms with Crippen molar-refractivity contribution in [1.29, 1.82) is 0 Å². The van der Waals surface area contributed by atoms with Gasteiger partial charge in [-0.25, -0.2) is 4.79 Å². The van der Waals surface area contributed by atoms with Crippen molar-refractivity contribution in [2.45, 2.75) is 69.9 Å². The van der Waals surface area contributed by atoms with Crippen molar-refractivity contribution in [2.75, 3.05) is 18.1 Å². The maximum Gasteiger partial charge on any atom is 0.322 e. The Balaban J connectivity index is 1.42. The highest BCUT2D eigenvalue weighted by molar-refractivity contribution is 5.94. The van der Waals surface area contributed by atoms with E-state index in [1.54, 1.807) is 0 Å². The van der Waals surface area contributed by atoms with Crippen molar-refractivity contribution in [3.63, 3.8) is 0 Å². The third kappa shape index (κ3) is 3.04. The first-order valence-corrected chi connectivity index (χ1v) is 9.47. The lowest BCUT2D eigenvalue weighted by Gasteiger charge is -2.43. The van der Waals surface area contributed by atoms with Crippen LogP contribution in [0.25, 0.3) is 0 Å². The maximum atomic E-state index is 12.8. The fourth-order valence-electron chi connectivity index (χ4n) is 4.65. The molecule has 1 atom stereocenters. The largest absolute Gasteiger partial charge is 0.375 e. The van der Waals surface area contributed by atoms with Crippen molar-refractivity contribution < 1.29 is 9.53 Å². The number of nitrogens with one attached hydrogen (secondary N) is 1. The number of rotatable bonds is 1. The van der Waals surface area contributed by atoms with Crippen molar-refractivity contribution >= 4 is 11.7 Å². The van der Waals surface area contributed by atoms with Crippen molar-refractivity contribution in [1.82, 2.24) is 5.32 Å². The first-order valence-electron chi connectivity index (χ1n) is 9.47. The Bertz CT molecular complexity index is 617. The highest BCUT2D eigenvalue weighted by atomic mass is 16.5. The number of benzene rings is 1. The van der Waals surface area contributed by atoms with Gasteiger partial charge in [0.15, 0.2) is 0 Å². The third-order valence-corrected chi connectivity index (χ3v) is 5.97. The van der Waals surface area contributed by atoms with Gasteiger partial charge in [-0.1, -0.05) is 31.4 Å². The molecule has 2 amide bonds. The van der Waals surface area contributed by atoms with E-state index in [-0.39, 0.29) is 17.7 Å². The molecule has 4 heteroatoms. The Morgan fingerprint density at radius 2 is 2.12 bits per heavy atom. The highest BCUT2D eigenvalue weighted by Gasteiger charge is 2.39. The number of urea groups is 1. The van der Waals surface area contributed by atoms with Gasteiger partial charge in [-0.05, 0) is 56.2 Å². The summed E-state index contributed by atoms with van der Waals surface area (Å²) in [5.74, 6) is 0. The molecule has 1 aromatic rings. The predicted molar refractivity (Wildman–Crippen MR) is 95.6 cm³/mol. The molecule has 2 aliphatic heterocycles. The number of carbonyl (C=O) groups excluding carboxylic acids is 1. The summed E-state index contributed by atoms with van der Waals surface area (Å²) >= 11 is 0. The van der Waals surface area contributed by atoms with Crippen LogP contribution in [0.5, 0.6) is 0 Å². The van der Waals surface area contributed by atoms with Gasteiger partial charge >= 0.3 is 6.03 Å². The lowest BCUT2D eigenvalue weighted by Crippen LogP contribution is -2.52. The van der Waals surface area contributed by atoms with E-state index in [2.05, 4.69) is 30.4 Å². The lowest BCUT2D eigenvalue weighted by atomic mass is 9.78. The second-order valence-corrected chi connectivity index (χ2v) is 7.77. The molecule has 2 fully saturated rings. The minimum absolute atomic E-state index is 0.0357. The fourth-order valence-corrected chi connectivity index (χ4v) is 4.65. The molecule has 1 spiro atoms. The molecule has 0 bridgehead atoms. The number of ether oxygens (including phenoxy) is 1. The highest BCUT2D eigenvalue weighted by Crippen LogP contribution is 2.38. The zero-order valence-corrected chi connectivity index (χ0v) is 14.6. The van der Waals surface area contributed by atoms with Crippen LogP contribution in [0.1, 0.15) is 56.1 Å². The van der Waals surface area contributed by atoms with Crippen molar-refractivity contribution in [3.05, 3.63) is 29.3 Å². The van der Waals surface area contributed by atoms with Gasteiger partial charge in [0.25, 0.3) is 0 Å². The molecular weight excluding hydrogens is 300 g/mol. The van der Waals surface area contributed by atoms with Gasteiger partial charge < -0.3 is 10.1 Å². The molecule has 1 aliphatic carbocycles. The fraction of sp³-hybridized carbons (Fsp3) is 0.650. The summed E-state index contributed by atoms with van der Waals surface area (Å²) in [6, 6.07) is 6.74. The number of aryl methyl sites for hydroxylation is 1.